The van der Waals surface area contributed by atoms with Crippen molar-refractivity contribution in [2.24, 2.45) is 0 Å². The maximum absolute atomic E-state index is 12.9. The predicted molar refractivity (Wildman–Crippen MR) is 123 cm³/mol. The molecule has 160 valence electrons. The van der Waals surface area contributed by atoms with Crippen LogP contribution < -0.4 is 9.47 Å². The molecule has 0 fully saturated rings. The van der Waals surface area contributed by atoms with Crippen molar-refractivity contribution in [1.82, 2.24) is 0 Å². The fourth-order valence-corrected chi connectivity index (χ4v) is 3.42. The normalized spacial score (nSPS) is 11.1. The number of carbonyl (C=O) groups is 2. The van der Waals surface area contributed by atoms with Gasteiger partial charge in [0.25, 0.3) is 0 Å². The van der Waals surface area contributed by atoms with Crippen molar-refractivity contribution < 1.29 is 23.5 Å². The summed E-state index contributed by atoms with van der Waals surface area (Å²) >= 11 is 0. The van der Waals surface area contributed by atoms with Crippen LogP contribution in [-0.4, -0.2) is 18.4 Å². The van der Waals surface area contributed by atoms with Crippen LogP contribution >= 0.6 is 0 Å². The summed E-state index contributed by atoms with van der Waals surface area (Å²) in [6.45, 7) is 4.15. The number of fused-ring (bicyclic) bond motifs is 1. The third-order valence-electron chi connectivity index (χ3n) is 4.90. The molecule has 1 heterocycles. The van der Waals surface area contributed by atoms with Gasteiger partial charge in [0, 0.05) is 10.9 Å². The second kappa shape index (κ2) is 9.35. The Labute approximate surface area is 185 Å². The number of furan rings is 1. The molecule has 0 saturated carbocycles. The maximum Gasteiger partial charge on any atom is 0.347 e. The van der Waals surface area contributed by atoms with Crippen molar-refractivity contribution in [3.8, 4) is 11.5 Å². The first-order valence-electron chi connectivity index (χ1n) is 10.3. The Morgan fingerprint density at radius 1 is 0.938 bits per heavy atom. The quantitative estimate of drug-likeness (QED) is 0.151. The molecule has 0 aliphatic rings. The van der Waals surface area contributed by atoms with Gasteiger partial charge in [-0.3, -0.25) is 4.79 Å². The summed E-state index contributed by atoms with van der Waals surface area (Å²) in [6, 6.07) is 21.4. The van der Waals surface area contributed by atoms with E-state index in [1.165, 1.54) is 6.08 Å². The lowest BCUT2D eigenvalue weighted by Crippen LogP contribution is -2.09. The van der Waals surface area contributed by atoms with E-state index in [2.05, 4.69) is 0 Å². The van der Waals surface area contributed by atoms with Crippen LogP contribution in [0.3, 0.4) is 0 Å². The average molecular weight is 426 g/mol. The van der Waals surface area contributed by atoms with Crippen LogP contribution in [0.4, 0.5) is 0 Å². The molecule has 4 rings (SSSR count). The van der Waals surface area contributed by atoms with Crippen LogP contribution in [0, 0.1) is 6.92 Å². The first kappa shape index (κ1) is 21.1. The summed E-state index contributed by atoms with van der Waals surface area (Å²) < 4.78 is 16.9. The Hall–Kier alpha value is -4.12. The Bertz CT molecular complexity index is 1300. The van der Waals surface area contributed by atoms with Crippen molar-refractivity contribution >= 4 is 28.8 Å². The molecule has 0 radical (unpaired) electrons. The van der Waals surface area contributed by atoms with Crippen molar-refractivity contribution in [2.45, 2.75) is 13.8 Å². The lowest BCUT2D eigenvalue weighted by Gasteiger charge is -2.06. The van der Waals surface area contributed by atoms with E-state index < -0.39 is 5.97 Å². The summed E-state index contributed by atoms with van der Waals surface area (Å²) in [6.07, 6.45) is 3.19. The molecule has 0 aliphatic carbocycles. The molecule has 0 amide bonds. The molecule has 5 nitrogen and oxygen atoms in total. The minimum atomic E-state index is -0.517. The minimum absolute atomic E-state index is 0.0985. The Kier molecular flexibility index (Phi) is 6.17. The monoisotopic (exact) mass is 426 g/mol. The number of carbonyl (C=O) groups excluding carboxylic acids is 2. The molecule has 0 atom stereocenters. The number of allylic oxidation sites excluding steroid dienone is 1. The number of hydrogen-bond acceptors (Lipinski definition) is 5. The molecule has 0 saturated heterocycles. The third-order valence-corrected chi connectivity index (χ3v) is 4.90. The van der Waals surface area contributed by atoms with Gasteiger partial charge in [-0.05, 0) is 55.8 Å². The maximum atomic E-state index is 12.9. The van der Waals surface area contributed by atoms with E-state index >= 15 is 0 Å². The van der Waals surface area contributed by atoms with Gasteiger partial charge in [0.2, 0.25) is 0 Å². The summed E-state index contributed by atoms with van der Waals surface area (Å²) in [4.78, 5) is 25.2. The van der Waals surface area contributed by atoms with Crippen LogP contribution in [-0.2, 0) is 0 Å². The van der Waals surface area contributed by atoms with Crippen LogP contribution in [0.15, 0.2) is 83.3 Å². The molecule has 0 unspecified atom stereocenters. The molecule has 5 heteroatoms. The molecule has 0 aliphatic heterocycles. The van der Waals surface area contributed by atoms with Gasteiger partial charge in [-0.15, -0.1) is 0 Å². The zero-order valence-electron chi connectivity index (χ0n) is 17.8. The first-order chi connectivity index (χ1) is 15.5. The van der Waals surface area contributed by atoms with Gasteiger partial charge in [0.1, 0.15) is 28.4 Å². The molecular formula is C27H22O5. The van der Waals surface area contributed by atoms with Crippen LogP contribution in [0.25, 0.3) is 17.0 Å². The number of benzene rings is 3. The molecule has 0 spiro atoms. The molecule has 4 aromatic rings. The summed E-state index contributed by atoms with van der Waals surface area (Å²) in [7, 11) is 0. The van der Waals surface area contributed by atoms with Gasteiger partial charge in [-0.2, -0.15) is 0 Å². The SMILES string of the molecule is CCOc1ccc2oc(C)c(C(=O)Oc3cccc(C=CC(=O)c4ccccc4)c3)c2c1. The standard InChI is InChI=1S/C27H22O5/c1-3-30-21-13-15-25-23(17-21)26(18(2)31-25)27(29)32-22-11-7-8-19(16-22)12-14-24(28)20-9-5-4-6-10-20/h4-17H,3H2,1-2H3. The van der Waals surface area contributed by atoms with Crippen LogP contribution in [0.2, 0.25) is 0 Å². The fourth-order valence-electron chi connectivity index (χ4n) is 3.42. The number of aryl methyl sites for hydroxylation is 1. The van der Waals surface area contributed by atoms with Gasteiger partial charge in [-0.25, -0.2) is 4.79 Å². The largest absolute Gasteiger partial charge is 0.494 e. The highest BCUT2D eigenvalue weighted by Crippen LogP contribution is 2.30. The molecule has 1 aromatic heterocycles. The zero-order chi connectivity index (χ0) is 22.5. The average Bonchev–Trinajstić information content (AvgIpc) is 3.13. The van der Waals surface area contributed by atoms with E-state index in [-0.39, 0.29) is 5.78 Å². The number of ether oxygens (including phenoxy) is 2. The van der Waals surface area contributed by atoms with Gasteiger partial charge >= 0.3 is 5.97 Å². The summed E-state index contributed by atoms with van der Waals surface area (Å²) in [5.41, 5.74) is 2.31. The number of rotatable bonds is 7. The van der Waals surface area contributed by atoms with E-state index in [9.17, 15) is 9.59 Å². The van der Waals surface area contributed by atoms with E-state index in [4.69, 9.17) is 13.9 Å². The third kappa shape index (κ3) is 4.62. The van der Waals surface area contributed by atoms with Gasteiger partial charge in [0.15, 0.2) is 5.78 Å². The fraction of sp³-hybridized carbons (Fsp3) is 0.111. The number of ketones is 1. The second-order valence-electron chi connectivity index (χ2n) is 7.15. The molecule has 3 aromatic carbocycles. The topological polar surface area (TPSA) is 65.7 Å². The Morgan fingerprint density at radius 2 is 1.75 bits per heavy atom. The highest BCUT2D eigenvalue weighted by atomic mass is 16.5. The smallest absolute Gasteiger partial charge is 0.347 e. The zero-order valence-corrected chi connectivity index (χ0v) is 17.8. The van der Waals surface area contributed by atoms with Crippen molar-refractivity contribution in [3.05, 3.63) is 101 Å². The minimum Gasteiger partial charge on any atom is -0.494 e. The van der Waals surface area contributed by atoms with E-state index in [1.54, 1.807) is 61.5 Å². The second-order valence-corrected chi connectivity index (χ2v) is 7.15. The summed E-state index contributed by atoms with van der Waals surface area (Å²) in [5.74, 6) is 0.891. The summed E-state index contributed by atoms with van der Waals surface area (Å²) in [5, 5.41) is 0.642. The van der Waals surface area contributed by atoms with Crippen LogP contribution in [0.1, 0.15) is 39.0 Å². The van der Waals surface area contributed by atoms with Crippen molar-refractivity contribution in [2.75, 3.05) is 6.61 Å². The van der Waals surface area contributed by atoms with E-state index in [0.717, 1.165) is 5.56 Å². The van der Waals surface area contributed by atoms with Gasteiger partial charge in [0.05, 0.1) is 6.61 Å². The van der Waals surface area contributed by atoms with Gasteiger partial charge < -0.3 is 13.9 Å². The van der Waals surface area contributed by atoms with E-state index in [1.807, 2.05) is 31.2 Å². The Morgan fingerprint density at radius 3 is 2.53 bits per heavy atom. The number of hydrogen-bond donors (Lipinski definition) is 0. The highest BCUT2D eigenvalue weighted by Gasteiger charge is 2.21. The van der Waals surface area contributed by atoms with Gasteiger partial charge in [-0.1, -0.05) is 48.5 Å². The molecule has 32 heavy (non-hydrogen) atoms. The lowest BCUT2D eigenvalue weighted by molar-refractivity contribution is 0.0734. The number of esters is 1. The first-order valence-corrected chi connectivity index (χ1v) is 10.3. The lowest BCUT2D eigenvalue weighted by atomic mass is 10.1. The predicted octanol–water partition coefficient (Wildman–Crippen LogP) is 6.26. The molecular weight excluding hydrogens is 404 g/mol. The van der Waals surface area contributed by atoms with Crippen molar-refractivity contribution in [3.63, 3.8) is 0 Å². The molecule has 0 N–H and O–H groups in total. The molecule has 0 bridgehead atoms. The highest BCUT2D eigenvalue weighted by molar-refractivity contribution is 6.07. The van der Waals surface area contributed by atoms with E-state index in [0.29, 0.717) is 46.0 Å². The Balaban J connectivity index is 1.54. The van der Waals surface area contributed by atoms with Crippen molar-refractivity contribution in [1.29, 1.82) is 0 Å². The van der Waals surface area contributed by atoms with Crippen LogP contribution in [0.5, 0.6) is 11.5 Å².